The van der Waals surface area contributed by atoms with Crippen LogP contribution in [0.4, 0.5) is 4.39 Å². The van der Waals surface area contributed by atoms with Crippen LogP contribution in [0, 0.1) is 12.7 Å². The summed E-state index contributed by atoms with van der Waals surface area (Å²) in [6, 6.07) is 12.1. The Morgan fingerprint density at radius 1 is 1.13 bits per heavy atom. The highest BCUT2D eigenvalue weighted by Gasteiger charge is 2.25. The standard InChI is InChI=1S/C23H17Cl2FN4O/c1-12-16(9-14(10-19(12)26)23(31)27-15-5-6-15)13-7-8-30-20(11-13)28-29-22(30)21-17(24)3-2-4-18(21)25/h2-4,7-11,15H,5-6H2,1H3,(H,27,31). The maximum absolute atomic E-state index is 14.6. The third kappa shape index (κ3) is 3.66. The fourth-order valence-electron chi connectivity index (χ4n) is 3.55. The van der Waals surface area contributed by atoms with Gasteiger partial charge in [0.15, 0.2) is 11.5 Å². The number of halogens is 3. The Kier molecular flexibility index (Phi) is 4.91. The van der Waals surface area contributed by atoms with E-state index in [4.69, 9.17) is 23.2 Å². The molecule has 1 aliphatic carbocycles. The van der Waals surface area contributed by atoms with Crippen LogP contribution in [0.1, 0.15) is 28.8 Å². The molecule has 8 heteroatoms. The Labute approximate surface area is 187 Å². The van der Waals surface area contributed by atoms with Gasteiger partial charge in [0, 0.05) is 17.8 Å². The lowest BCUT2D eigenvalue weighted by molar-refractivity contribution is 0.0950. The highest BCUT2D eigenvalue weighted by molar-refractivity contribution is 6.39. The number of carbonyl (C=O) groups excluding carboxylic acids is 1. The second kappa shape index (κ2) is 7.62. The van der Waals surface area contributed by atoms with Crippen LogP contribution in [0.2, 0.25) is 10.0 Å². The molecule has 0 unspecified atom stereocenters. The molecule has 1 N–H and O–H groups in total. The number of hydrogen-bond acceptors (Lipinski definition) is 3. The van der Waals surface area contributed by atoms with Crippen LogP contribution >= 0.6 is 23.2 Å². The van der Waals surface area contributed by atoms with Crippen molar-refractivity contribution in [1.29, 1.82) is 0 Å². The van der Waals surface area contributed by atoms with Crippen molar-refractivity contribution in [3.8, 4) is 22.5 Å². The van der Waals surface area contributed by atoms with Crippen molar-refractivity contribution in [2.45, 2.75) is 25.8 Å². The molecule has 0 spiro atoms. The molecular weight excluding hydrogens is 438 g/mol. The van der Waals surface area contributed by atoms with Gasteiger partial charge in [-0.2, -0.15) is 0 Å². The molecule has 0 aliphatic heterocycles. The first-order valence-electron chi connectivity index (χ1n) is 9.83. The summed E-state index contributed by atoms with van der Waals surface area (Å²) >= 11 is 12.7. The summed E-state index contributed by atoms with van der Waals surface area (Å²) in [5.41, 5.74) is 3.26. The quantitative estimate of drug-likeness (QED) is 0.429. The number of fused-ring (bicyclic) bond motifs is 1. The van der Waals surface area contributed by atoms with Gasteiger partial charge in [0.05, 0.1) is 15.6 Å². The Morgan fingerprint density at radius 3 is 2.58 bits per heavy atom. The normalized spacial score (nSPS) is 13.5. The summed E-state index contributed by atoms with van der Waals surface area (Å²) in [5.74, 6) is -0.178. The summed E-state index contributed by atoms with van der Waals surface area (Å²) in [7, 11) is 0. The molecule has 0 radical (unpaired) electrons. The second-order valence-corrected chi connectivity index (χ2v) is 8.46. The molecule has 4 aromatic rings. The van der Waals surface area contributed by atoms with Crippen molar-refractivity contribution in [3.05, 3.63) is 75.7 Å². The monoisotopic (exact) mass is 454 g/mol. The molecule has 0 bridgehead atoms. The van der Waals surface area contributed by atoms with Gasteiger partial charge in [-0.15, -0.1) is 10.2 Å². The van der Waals surface area contributed by atoms with Crippen LogP contribution in [0.3, 0.4) is 0 Å². The van der Waals surface area contributed by atoms with Crippen LogP contribution < -0.4 is 5.32 Å². The van der Waals surface area contributed by atoms with E-state index in [0.29, 0.717) is 43.8 Å². The van der Waals surface area contributed by atoms with E-state index >= 15 is 0 Å². The lowest BCUT2D eigenvalue weighted by Crippen LogP contribution is -2.25. The molecule has 156 valence electrons. The van der Waals surface area contributed by atoms with Gasteiger partial charge in [-0.25, -0.2) is 4.39 Å². The number of rotatable bonds is 4. The largest absolute Gasteiger partial charge is 0.349 e. The van der Waals surface area contributed by atoms with Crippen LogP contribution in [0.25, 0.3) is 28.2 Å². The molecule has 1 amide bonds. The van der Waals surface area contributed by atoms with Gasteiger partial charge in [-0.1, -0.05) is 29.3 Å². The Balaban J connectivity index is 1.59. The van der Waals surface area contributed by atoms with Crippen molar-refractivity contribution >= 4 is 34.8 Å². The maximum Gasteiger partial charge on any atom is 0.251 e. The van der Waals surface area contributed by atoms with Crippen molar-refractivity contribution in [1.82, 2.24) is 19.9 Å². The molecule has 5 nitrogen and oxygen atoms in total. The number of carbonyl (C=O) groups is 1. The highest BCUT2D eigenvalue weighted by Crippen LogP contribution is 2.35. The van der Waals surface area contributed by atoms with Gasteiger partial charge in [0.1, 0.15) is 5.82 Å². The number of benzene rings is 2. The fourth-order valence-corrected chi connectivity index (χ4v) is 4.11. The zero-order valence-electron chi connectivity index (χ0n) is 16.5. The minimum atomic E-state index is -0.427. The van der Waals surface area contributed by atoms with Crippen molar-refractivity contribution in [2.24, 2.45) is 0 Å². The van der Waals surface area contributed by atoms with E-state index in [1.54, 1.807) is 47.9 Å². The molecule has 0 saturated heterocycles. The zero-order valence-corrected chi connectivity index (χ0v) is 18.0. The lowest BCUT2D eigenvalue weighted by Gasteiger charge is -2.12. The summed E-state index contributed by atoms with van der Waals surface area (Å²) in [4.78, 5) is 12.4. The average Bonchev–Trinajstić information content (AvgIpc) is 3.47. The molecular formula is C23H17Cl2FN4O. The van der Waals surface area contributed by atoms with Crippen LogP contribution in [0.15, 0.2) is 48.7 Å². The van der Waals surface area contributed by atoms with Crippen molar-refractivity contribution < 1.29 is 9.18 Å². The molecule has 0 atom stereocenters. The van der Waals surface area contributed by atoms with E-state index in [0.717, 1.165) is 18.4 Å². The lowest BCUT2D eigenvalue weighted by atomic mass is 9.98. The summed E-state index contributed by atoms with van der Waals surface area (Å²) in [6.07, 6.45) is 3.72. The minimum Gasteiger partial charge on any atom is -0.349 e. The van der Waals surface area contributed by atoms with Crippen LogP contribution in [-0.2, 0) is 0 Å². The molecule has 1 fully saturated rings. The van der Waals surface area contributed by atoms with E-state index in [2.05, 4.69) is 15.5 Å². The first kappa shape index (κ1) is 20.0. The third-order valence-electron chi connectivity index (χ3n) is 5.43. The van der Waals surface area contributed by atoms with E-state index in [9.17, 15) is 9.18 Å². The van der Waals surface area contributed by atoms with Crippen molar-refractivity contribution in [2.75, 3.05) is 0 Å². The van der Waals surface area contributed by atoms with Gasteiger partial charge in [0.25, 0.3) is 5.91 Å². The molecule has 31 heavy (non-hydrogen) atoms. The SMILES string of the molecule is Cc1c(F)cc(C(=O)NC2CC2)cc1-c1ccn2c(-c3c(Cl)cccc3Cl)nnc2c1. The Hall–Kier alpha value is -2.96. The Morgan fingerprint density at radius 2 is 1.87 bits per heavy atom. The zero-order chi connectivity index (χ0) is 21.7. The number of aromatic nitrogens is 3. The maximum atomic E-state index is 14.6. The van der Waals surface area contributed by atoms with Gasteiger partial charge in [-0.3, -0.25) is 9.20 Å². The summed E-state index contributed by atoms with van der Waals surface area (Å²) in [6.45, 7) is 1.69. The molecule has 2 aromatic heterocycles. The molecule has 2 aromatic carbocycles. The first-order valence-corrected chi connectivity index (χ1v) is 10.6. The van der Waals surface area contributed by atoms with E-state index < -0.39 is 5.82 Å². The van der Waals surface area contributed by atoms with Gasteiger partial charge in [0.2, 0.25) is 0 Å². The molecule has 2 heterocycles. The van der Waals surface area contributed by atoms with Gasteiger partial charge < -0.3 is 5.32 Å². The summed E-state index contributed by atoms with van der Waals surface area (Å²) < 4.78 is 16.4. The number of amides is 1. The molecule has 5 rings (SSSR count). The summed E-state index contributed by atoms with van der Waals surface area (Å²) in [5, 5.41) is 12.3. The number of nitrogens with zero attached hydrogens (tertiary/aromatic N) is 3. The van der Waals surface area contributed by atoms with E-state index in [1.165, 1.54) is 6.07 Å². The number of hydrogen-bond donors (Lipinski definition) is 1. The smallest absolute Gasteiger partial charge is 0.251 e. The Bertz CT molecular complexity index is 1330. The van der Waals surface area contributed by atoms with Crippen molar-refractivity contribution in [3.63, 3.8) is 0 Å². The minimum absolute atomic E-state index is 0.197. The van der Waals surface area contributed by atoms with E-state index in [1.807, 2.05) is 6.07 Å². The number of pyridine rings is 1. The topological polar surface area (TPSA) is 59.3 Å². The number of nitrogens with one attached hydrogen (secondary N) is 1. The predicted octanol–water partition coefficient (Wildman–Crippen LogP) is 5.71. The van der Waals surface area contributed by atoms with E-state index in [-0.39, 0.29) is 11.9 Å². The predicted molar refractivity (Wildman–Crippen MR) is 119 cm³/mol. The highest BCUT2D eigenvalue weighted by atomic mass is 35.5. The molecule has 1 saturated carbocycles. The molecule has 1 aliphatic rings. The second-order valence-electron chi connectivity index (χ2n) is 7.64. The first-order chi connectivity index (χ1) is 14.9. The van der Waals surface area contributed by atoms with Crippen LogP contribution in [-0.4, -0.2) is 26.5 Å². The van der Waals surface area contributed by atoms with Gasteiger partial charge in [-0.05, 0) is 72.9 Å². The fraction of sp³-hybridized carbons (Fsp3) is 0.174. The average molecular weight is 455 g/mol. The van der Waals surface area contributed by atoms with Crippen LogP contribution in [0.5, 0.6) is 0 Å². The third-order valence-corrected chi connectivity index (χ3v) is 6.06. The van der Waals surface area contributed by atoms with Gasteiger partial charge >= 0.3 is 0 Å².